The third-order valence-electron chi connectivity index (χ3n) is 7.51. The number of aliphatic hydroxyl groups excluding tert-OH is 1. The van der Waals surface area contributed by atoms with Gasteiger partial charge in [-0.15, -0.1) is 5.10 Å². The second kappa shape index (κ2) is 9.84. The van der Waals surface area contributed by atoms with Crippen molar-refractivity contribution >= 4 is 28.3 Å². The van der Waals surface area contributed by atoms with Gasteiger partial charge in [0.15, 0.2) is 0 Å². The number of hydrogen-bond donors (Lipinski definition) is 2. The molecule has 3 fully saturated rings. The fourth-order valence-corrected chi connectivity index (χ4v) is 6.09. The van der Waals surface area contributed by atoms with Crippen LogP contribution in [0.3, 0.4) is 0 Å². The molecule has 38 heavy (non-hydrogen) atoms. The molecule has 6 rings (SSSR count). The monoisotopic (exact) mass is 544 g/mol. The van der Waals surface area contributed by atoms with Crippen molar-refractivity contribution in [2.75, 3.05) is 53.1 Å². The van der Waals surface area contributed by atoms with E-state index in [1.807, 2.05) is 36.1 Å². The third-order valence-corrected chi connectivity index (χ3v) is 8.52. The Morgan fingerprint density at radius 2 is 1.82 bits per heavy atom. The van der Waals surface area contributed by atoms with Crippen LogP contribution < -0.4 is 14.5 Å². The first-order chi connectivity index (χ1) is 18.3. The molecule has 2 aromatic heterocycles. The molecular formula is C25H30F2N8O2S. The number of rotatable bonds is 8. The van der Waals surface area contributed by atoms with Crippen molar-refractivity contribution in [3.63, 3.8) is 0 Å². The SMILES string of the molecule is Cc1cc(-c2cn(-c3ccc(NS(=O)CCO)cc3N3CCCCC3)nn2)nc(N2CC3C(C2)C3(F)F)n1. The first-order valence-corrected chi connectivity index (χ1v) is 14.2. The molecular weight excluding hydrogens is 514 g/mol. The van der Waals surface area contributed by atoms with Gasteiger partial charge < -0.3 is 19.6 Å². The van der Waals surface area contributed by atoms with Crippen molar-refractivity contribution in [3.05, 3.63) is 36.2 Å². The van der Waals surface area contributed by atoms with Gasteiger partial charge in [-0.3, -0.25) is 0 Å². The van der Waals surface area contributed by atoms with Crippen molar-refractivity contribution in [2.45, 2.75) is 32.1 Å². The van der Waals surface area contributed by atoms with Gasteiger partial charge in [0.1, 0.15) is 16.7 Å². The van der Waals surface area contributed by atoms with Gasteiger partial charge >= 0.3 is 0 Å². The number of nitrogens with one attached hydrogen (secondary N) is 1. The van der Waals surface area contributed by atoms with E-state index in [-0.39, 0.29) is 25.4 Å². The number of piperidine rings is 2. The zero-order chi connectivity index (χ0) is 26.4. The molecule has 3 unspecified atom stereocenters. The molecule has 202 valence electrons. The fraction of sp³-hybridized carbons (Fsp3) is 0.520. The van der Waals surface area contributed by atoms with E-state index in [1.165, 1.54) is 6.42 Å². The number of nitrogens with zero attached hydrogens (tertiary/aromatic N) is 7. The van der Waals surface area contributed by atoms with Crippen LogP contribution in [0.4, 0.5) is 26.1 Å². The molecule has 1 aromatic carbocycles. The zero-order valence-electron chi connectivity index (χ0n) is 21.1. The van der Waals surface area contributed by atoms with Crippen LogP contribution in [0.2, 0.25) is 0 Å². The summed E-state index contributed by atoms with van der Waals surface area (Å²) >= 11 is 0. The lowest BCUT2D eigenvalue weighted by Gasteiger charge is -2.30. The Balaban J connectivity index is 1.29. The quantitative estimate of drug-likeness (QED) is 0.445. The van der Waals surface area contributed by atoms with E-state index < -0.39 is 28.7 Å². The summed E-state index contributed by atoms with van der Waals surface area (Å²) in [7, 11) is -1.38. The molecule has 10 nitrogen and oxygen atoms in total. The van der Waals surface area contributed by atoms with Crippen LogP contribution in [-0.2, 0) is 11.0 Å². The Morgan fingerprint density at radius 1 is 1.05 bits per heavy atom. The van der Waals surface area contributed by atoms with Gasteiger partial charge in [0.25, 0.3) is 5.92 Å². The number of fused-ring (bicyclic) bond motifs is 1. The third kappa shape index (κ3) is 4.73. The molecule has 4 heterocycles. The van der Waals surface area contributed by atoms with Crippen molar-refractivity contribution in [1.82, 2.24) is 25.0 Å². The van der Waals surface area contributed by atoms with E-state index in [0.717, 1.165) is 43.0 Å². The second-order valence-corrected chi connectivity index (χ2v) is 11.5. The summed E-state index contributed by atoms with van der Waals surface area (Å²) in [5, 5.41) is 17.9. The van der Waals surface area contributed by atoms with Crippen molar-refractivity contribution < 1.29 is 18.1 Å². The largest absolute Gasteiger partial charge is 0.395 e. The maximum Gasteiger partial charge on any atom is 0.258 e. The molecule has 2 N–H and O–H groups in total. The number of aromatic nitrogens is 5. The highest BCUT2D eigenvalue weighted by atomic mass is 32.2. The highest BCUT2D eigenvalue weighted by Gasteiger charge is 2.72. The second-order valence-electron chi connectivity index (χ2n) is 10.2. The molecule has 3 atom stereocenters. The molecule has 2 aliphatic heterocycles. The highest BCUT2D eigenvalue weighted by Crippen LogP contribution is 2.59. The van der Waals surface area contributed by atoms with E-state index in [0.29, 0.717) is 23.0 Å². The maximum absolute atomic E-state index is 13.7. The molecule has 0 radical (unpaired) electrons. The van der Waals surface area contributed by atoms with E-state index in [1.54, 1.807) is 10.9 Å². The predicted octanol–water partition coefficient (Wildman–Crippen LogP) is 2.79. The normalized spacial score (nSPS) is 22.8. The topological polar surface area (TPSA) is 112 Å². The Morgan fingerprint density at radius 3 is 2.55 bits per heavy atom. The van der Waals surface area contributed by atoms with Gasteiger partial charge in [-0.2, -0.15) is 0 Å². The highest BCUT2D eigenvalue weighted by molar-refractivity contribution is 7.86. The number of hydrogen-bond acceptors (Lipinski definition) is 8. The number of aliphatic hydroxyl groups is 1. The number of benzene rings is 1. The maximum atomic E-state index is 13.7. The van der Waals surface area contributed by atoms with Crippen LogP contribution in [0.1, 0.15) is 25.0 Å². The number of alkyl halides is 2. The van der Waals surface area contributed by atoms with Crippen molar-refractivity contribution in [1.29, 1.82) is 0 Å². The van der Waals surface area contributed by atoms with Gasteiger partial charge in [-0.1, -0.05) is 5.21 Å². The van der Waals surface area contributed by atoms with Crippen LogP contribution >= 0.6 is 0 Å². The van der Waals surface area contributed by atoms with Crippen molar-refractivity contribution in [3.8, 4) is 17.1 Å². The van der Waals surface area contributed by atoms with E-state index in [9.17, 15) is 13.0 Å². The summed E-state index contributed by atoms with van der Waals surface area (Å²) in [6, 6.07) is 7.52. The van der Waals surface area contributed by atoms with Crippen LogP contribution in [0.15, 0.2) is 30.5 Å². The molecule has 0 amide bonds. The summed E-state index contributed by atoms with van der Waals surface area (Å²) in [6.45, 7) is 4.03. The molecule has 0 spiro atoms. The van der Waals surface area contributed by atoms with Gasteiger partial charge in [0.2, 0.25) is 5.95 Å². The summed E-state index contributed by atoms with van der Waals surface area (Å²) in [4.78, 5) is 13.3. The minimum Gasteiger partial charge on any atom is -0.395 e. The van der Waals surface area contributed by atoms with E-state index >= 15 is 0 Å². The number of halogens is 2. The summed E-state index contributed by atoms with van der Waals surface area (Å²) in [5.74, 6) is -3.19. The number of aryl methyl sites for hydroxylation is 1. The van der Waals surface area contributed by atoms with E-state index in [2.05, 4.69) is 29.9 Å². The Bertz CT molecular complexity index is 1350. The standard InChI is InChI=1S/C25H30F2N8O2S/c1-16-11-20(29-24(28-16)34-13-18-19(14-34)25(18,26)27)21-15-35(32-30-21)22-6-5-17(31-38(37)10-9-36)12-23(22)33-7-3-2-4-8-33/h5-6,11-12,15,18-19,31,36H,2-4,7-10,13-14H2,1H3. The Hall–Kier alpha value is -3.19. The predicted molar refractivity (Wildman–Crippen MR) is 141 cm³/mol. The van der Waals surface area contributed by atoms with Gasteiger partial charge in [0, 0.05) is 37.6 Å². The first kappa shape index (κ1) is 25.1. The smallest absolute Gasteiger partial charge is 0.258 e. The summed E-state index contributed by atoms with van der Waals surface area (Å²) in [6.07, 6.45) is 5.16. The summed E-state index contributed by atoms with van der Waals surface area (Å²) < 4.78 is 44.2. The molecule has 13 heteroatoms. The Kier molecular flexibility index (Phi) is 6.50. The molecule has 3 aromatic rings. The molecule has 1 aliphatic carbocycles. The lowest BCUT2D eigenvalue weighted by Crippen LogP contribution is -2.30. The van der Waals surface area contributed by atoms with Crippen LogP contribution in [0, 0.1) is 18.8 Å². The zero-order valence-corrected chi connectivity index (χ0v) is 21.9. The van der Waals surface area contributed by atoms with Crippen LogP contribution in [0.25, 0.3) is 17.1 Å². The summed E-state index contributed by atoms with van der Waals surface area (Å²) in [5.41, 5.74) is 4.35. The first-order valence-electron chi connectivity index (χ1n) is 12.9. The van der Waals surface area contributed by atoms with Gasteiger partial charge in [0.05, 0.1) is 47.5 Å². The van der Waals surface area contributed by atoms with Gasteiger partial charge in [-0.25, -0.2) is 27.6 Å². The molecule has 0 bridgehead atoms. The number of anilines is 3. The minimum atomic E-state index is -2.56. The van der Waals surface area contributed by atoms with Crippen LogP contribution in [-0.4, -0.2) is 78.7 Å². The molecule has 2 saturated heterocycles. The van der Waals surface area contributed by atoms with Crippen LogP contribution in [0.5, 0.6) is 0 Å². The average Bonchev–Trinajstić information content (AvgIpc) is 3.36. The molecule has 3 aliphatic rings. The van der Waals surface area contributed by atoms with Gasteiger partial charge in [-0.05, 0) is 50.5 Å². The van der Waals surface area contributed by atoms with Crippen molar-refractivity contribution in [2.24, 2.45) is 11.8 Å². The average molecular weight is 545 g/mol. The lowest BCUT2D eigenvalue weighted by atomic mass is 10.1. The lowest BCUT2D eigenvalue weighted by molar-refractivity contribution is 0.0796. The molecule has 1 saturated carbocycles. The Labute approximate surface area is 221 Å². The minimum absolute atomic E-state index is 0.148. The fourth-order valence-electron chi connectivity index (χ4n) is 5.43. The van der Waals surface area contributed by atoms with E-state index in [4.69, 9.17) is 5.11 Å².